The molecule has 1 heterocycles. The smallest absolute Gasteiger partial charge is 0.457 e. The molecule has 1 fully saturated rings. The average Bonchev–Trinajstić information content (AvgIpc) is 3.14. The number of hydrogen-bond donors (Lipinski definition) is 0. The van der Waals surface area contributed by atoms with Gasteiger partial charge in [0.15, 0.2) is 9.84 Å². The van der Waals surface area contributed by atoms with Gasteiger partial charge in [-0.25, -0.2) is 17.2 Å². The van der Waals surface area contributed by atoms with E-state index in [1.165, 1.54) is 18.2 Å². The van der Waals surface area contributed by atoms with Crippen molar-refractivity contribution in [3.05, 3.63) is 47.0 Å². The molecule has 0 radical (unpaired) electrons. The number of rotatable bonds is 5. The van der Waals surface area contributed by atoms with E-state index < -0.39 is 52.2 Å². The van der Waals surface area contributed by atoms with Crippen LogP contribution in [0.2, 0.25) is 0 Å². The average molecular weight is 547 g/mol. The number of nitriles is 1. The highest BCUT2D eigenvalue weighted by atomic mass is 32.2. The van der Waals surface area contributed by atoms with Crippen LogP contribution in [0.5, 0.6) is 11.5 Å². The monoisotopic (exact) mass is 547 g/mol. The maximum absolute atomic E-state index is 15.3. The summed E-state index contributed by atoms with van der Waals surface area (Å²) in [5, 5.41) is 9.62. The lowest BCUT2D eigenvalue weighted by Crippen LogP contribution is -2.41. The fourth-order valence-electron chi connectivity index (χ4n) is 4.54. The van der Waals surface area contributed by atoms with E-state index in [9.17, 15) is 13.7 Å². The van der Waals surface area contributed by atoms with Crippen molar-refractivity contribution < 1.29 is 36.0 Å². The third kappa shape index (κ3) is 5.32. The van der Waals surface area contributed by atoms with Crippen molar-refractivity contribution >= 4 is 22.4 Å². The molecule has 38 heavy (non-hydrogen) atoms. The van der Waals surface area contributed by atoms with E-state index in [4.69, 9.17) is 18.8 Å². The third-order valence-electron chi connectivity index (χ3n) is 7.01. The number of nitrogens with zero attached hydrogens (tertiary/aromatic N) is 1. The summed E-state index contributed by atoms with van der Waals surface area (Å²) in [7, 11) is -4.63. The quantitative estimate of drug-likeness (QED) is 0.481. The van der Waals surface area contributed by atoms with E-state index in [0.29, 0.717) is 5.46 Å². The van der Waals surface area contributed by atoms with Gasteiger partial charge in [-0.3, -0.25) is 0 Å². The molecule has 4 rings (SSSR count). The summed E-state index contributed by atoms with van der Waals surface area (Å²) >= 11 is 0. The molecule has 1 aliphatic carbocycles. The first-order chi connectivity index (χ1) is 17.2. The van der Waals surface area contributed by atoms with E-state index in [1.807, 2.05) is 27.7 Å². The SMILES string of the molecule is CC(C)(C)OC1c2c(S(C)(=O)=O)ccc(Oc3cc(C#N)cc(B4OC(C)(C)C(C)(C)O4)c3)c2CC1(F)F. The first-order valence-electron chi connectivity index (χ1n) is 12.2. The molecular formula is C27H32BF2NO6S. The Balaban J connectivity index is 1.80. The van der Waals surface area contributed by atoms with Gasteiger partial charge in [-0.2, -0.15) is 5.26 Å². The van der Waals surface area contributed by atoms with Crippen LogP contribution in [-0.4, -0.2) is 44.5 Å². The third-order valence-corrected chi connectivity index (χ3v) is 8.17. The molecule has 1 aliphatic heterocycles. The van der Waals surface area contributed by atoms with Crippen LogP contribution in [0.4, 0.5) is 8.78 Å². The van der Waals surface area contributed by atoms with Gasteiger partial charge in [-0.05, 0) is 84.3 Å². The van der Waals surface area contributed by atoms with Gasteiger partial charge >= 0.3 is 7.12 Å². The fourth-order valence-corrected chi connectivity index (χ4v) is 5.48. The number of fused-ring (bicyclic) bond motifs is 1. The van der Waals surface area contributed by atoms with Crippen LogP contribution >= 0.6 is 0 Å². The lowest BCUT2D eigenvalue weighted by atomic mass is 9.78. The number of sulfone groups is 1. The molecule has 2 aromatic carbocycles. The largest absolute Gasteiger partial charge is 0.495 e. The molecule has 0 bridgehead atoms. The van der Waals surface area contributed by atoms with Crippen molar-refractivity contribution in [2.45, 2.75) is 88.6 Å². The summed E-state index contributed by atoms with van der Waals surface area (Å²) in [6.07, 6.45) is -1.55. The fraction of sp³-hybridized carbons (Fsp3) is 0.519. The summed E-state index contributed by atoms with van der Waals surface area (Å²) in [6, 6.07) is 9.41. The summed E-state index contributed by atoms with van der Waals surface area (Å²) in [5.41, 5.74) is -1.45. The molecule has 1 saturated heterocycles. The van der Waals surface area contributed by atoms with Crippen molar-refractivity contribution in [2.24, 2.45) is 0 Å². The Morgan fingerprint density at radius 3 is 2.21 bits per heavy atom. The zero-order valence-electron chi connectivity index (χ0n) is 22.8. The number of hydrogen-bond acceptors (Lipinski definition) is 7. The number of halogens is 2. The Hall–Kier alpha value is -2.52. The maximum atomic E-state index is 15.3. The molecule has 0 aromatic heterocycles. The summed E-state index contributed by atoms with van der Waals surface area (Å²) < 4.78 is 79.7. The van der Waals surface area contributed by atoms with Crippen LogP contribution in [0, 0.1) is 11.3 Å². The van der Waals surface area contributed by atoms with Crippen molar-refractivity contribution in [3.63, 3.8) is 0 Å². The molecule has 204 valence electrons. The second-order valence-electron chi connectivity index (χ2n) is 11.9. The minimum atomic E-state index is -3.85. The lowest BCUT2D eigenvalue weighted by molar-refractivity contribution is -0.174. The molecule has 1 unspecified atom stereocenters. The molecule has 11 heteroatoms. The predicted octanol–water partition coefficient (Wildman–Crippen LogP) is 5.10. The zero-order chi connectivity index (χ0) is 28.5. The van der Waals surface area contributed by atoms with Crippen molar-refractivity contribution in [1.29, 1.82) is 5.26 Å². The molecule has 0 saturated carbocycles. The molecule has 1 atom stereocenters. The van der Waals surface area contributed by atoms with Crippen LogP contribution in [0.25, 0.3) is 0 Å². The van der Waals surface area contributed by atoms with E-state index in [-0.39, 0.29) is 33.1 Å². The highest BCUT2D eigenvalue weighted by Gasteiger charge is 2.54. The molecular weight excluding hydrogens is 515 g/mol. The van der Waals surface area contributed by atoms with Gasteiger partial charge in [0, 0.05) is 23.8 Å². The van der Waals surface area contributed by atoms with Crippen LogP contribution in [0.3, 0.4) is 0 Å². The molecule has 0 spiro atoms. The summed E-state index contributed by atoms with van der Waals surface area (Å²) in [4.78, 5) is -0.227. The van der Waals surface area contributed by atoms with E-state index >= 15 is 8.78 Å². The van der Waals surface area contributed by atoms with Crippen LogP contribution < -0.4 is 10.2 Å². The second kappa shape index (κ2) is 9.02. The van der Waals surface area contributed by atoms with Gasteiger partial charge in [-0.15, -0.1) is 0 Å². The molecule has 0 amide bonds. The van der Waals surface area contributed by atoms with Crippen LogP contribution in [0.1, 0.15) is 71.3 Å². The van der Waals surface area contributed by atoms with Crippen molar-refractivity contribution in [1.82, 2.24) is 0 Å². The Bertz CT molecular complexity index is 1410. The van der Waals surface area contributed by atoms with E-state index in [2.05, 4.69) is 6.07 Å². The highest BCUT2D eigenvalue weighted by molar-refractivity contribution is 7.90. The number of ether oxygens (including phenoxy) is 2. The first-order valence-corrected chi connectivity index (χ1v) is 14.1. The van der Waals surface area contributed by atoms with Gasteiger partial charge in [0.05, 0.1) is 33.3 Å². The topological polar surface area (TPSA) is 94.9 Å². The predicted molar refractivity (Wildman–Crippen MR) is 139 cm³/mol. The molecule has 2 aliphatic rings. The minimum absolute atomic E-state index is 0.0479. The summed E-state index contributed by atoms with van der Waals surface area (Å²) in [6.45, 7) is 12.5. The molecule has 0 N–H and O–H groups in total. The lowest BCUT2D eigenvalue weighted by Gasteiger charge is -2.32. The zero-order valence-corrected chi connectivity index (χ0v) is 23.6. The molecule has 7 nitrogen and oxygen atoms in total. The standard InChI is InChI=1S/C27H32BF2NO6S/c1-24(2,3)35-23-22-19(14-27(23,29)30)20(9-10-21(22)38(8,32)33)34-18-12-16(15-31)11-17(13-18)28-36-25(4,5)26(6,7)37-28/h9-13,23H,14H2,1-8H3. The Kier molecular flexibility index (Phi) is 6.76. The van der Waals surface area contributed by atoms with Crippen LogP contribution in [0.15, 0.2) is 35.2 Å². The van der Waals surface area contributed by atoms with Crippen molar-refractivity contribution in [2.75, 3.05) is 6.26 Å². The van der Waals surface area contributed by atoms with Gasteiger partial charge < -0.3 is 18.8 Å². The second-order valence-corrected chi connectivity index (χ2v) is 13.9. The minimum Gasteiger partial charge on any atom is -0.457 e. The Morgan fingerprint density at radius 2 is 1.68 bits per heavy atom. The van der Waals surface area contributed by atoms with Gasteiger partial charge in [0.1, 0.15) is 17.6 Å². The number of alkyl halides is 2. The molecule has 2 aromatic rings. The van der Waals surface area contributed by atoms with Gasteiger partial charge in [0.25, 0.3) is 5.92 Å². The number of benzene rings is 2. The van der Waals surface area contributed by atoms with Gasteiger partial charge in [-0.1, -0.05) is 0 Å². The normalized spacial score (nSPS) is 21.7. The highest BCUT2D eigenvalue weighted by Crippen LogP contribution is 2.52. The summed E-state index contributed by atoms with van der Waals surface area (Å²) in [5.74, 6) is -3.11. The van der Waals surface area contributed by atoms with Crippen LogP contribution in [-0.2, 0) is 30.3 Å². The maximum Gasteiger partial charge on any atom is 0.495 e. The van der Waals surface area contributed by atoms with Gasteiger partial charge in [0.2, 0.25) is 0 Å². The van der Waals surface area contributed by atoms with E-state index in [1.54, 1.807) is 32.9 Å². The Labute approximate surface area is 223 Å². The van der Waals surface area contributed by atoms with Crippen molar-refractivity contribution in [3.8, 4) is 17.6 Å². The van der Waals surface area contributed by atoms with E-state index in [0.717, 1.165) is 6.26 Å². The first kappa shape index (κ1) is 28.5. The Morgan fingerprint density at radius 1 is 1.08 bits per heavy atom.